The van der Waals surface area contributed by atoms with Gasteiger partial charge in [-0.05, 0) is 31.0 Å². The quantitative estimate of drug-likeness (QED) is 0.643. The predicted octanol–water partition coefficient (Wildman–Crippen LogP) is 1.75. The van der Waals surface area contributed by atoms with Gasteiger partial charge in [-0.2, -0.15) is 0 Å². The first kappa shape index (κ1) is 8.08. The van der Waals surface area contributed by atoms with Crippen LogP contribution in [0.15, 0.2) is 18.2 Å². The zero-order valence-corrected chi connectivity index (χ0v) is 6.70. The van der Waals surface area contributed by atoms with E-state index < -0.39 is 6.10 Å². The minimum Gasteiger partial charge on any atom is -0.508 e. The van der Waals surface area contributed by atoms with E-state index in [4.69, 9.17) is 5.11 Å². The summed E-state index contributed by atoms with van der Waals surface area (Å²) < 4.78 is 0. The number of aliphatic hydroxyl groups excluding tert-OH is 1. The zero-order valence-electron chi connectivity index (χ0n) is 6.70. The molecular formula is C9H12O2. The minimum absolute atomic E-state index is 0.239. The van der Waals surface area contributed by atoms with E-state index in [1.807, 2.05) is 6.92 Å². The Labute approximate surface area is 66.1 Å². The van der Waals surface area contributed by atoms with Crippen LogP contribution in [0.2, 0.25) is 0 Å². The fourth-order valence-electron chi connectivity index (χ4n) is 0.886. The van der Waals surface area contributed by atoms with Gasteiger partial charge in [0.25, 0.3) is 0 Å². The number of benzene rings is 1. The highest BCUT2D eigenvalue weighted by molar-refractivity contribution is 5.35. The van der Waals surface area contributed by atoms with Crippen LogP contribution in [-0.2, 0) is 0 Å². The smallest absolute Gasteiger partial charge is 0.118 e. The Balaban J connectivity index is 3.05. The summed E-state index contributed by atoms with van der Waals surface area (Å²) in [5, 5.41) is 18.4. The molecule has 0 saturated carbocycles. The summed E-state index contributed by atoms with van der Waals surface area (Å²) >= 11 is 0. The SMILES string of the molecule is Cc1ccc([C@H](C)O)cc1O. The lowest BCUT2D eigenvalue weighted by molar-refractivity contribution is 0.199. The van der Waals surface area contributed by atoms with Gasteiger partial charge < -0.3 is 10.2 Å². The number of phenolic OH excluding ortho intramolecular Hbond substituents is 1. The summed E-state index contributed by atoms with van der Waals surface area (Å²) in [6, 6.07) is 5.18. The van der Waals surface area contributed by atoms with Crippen molar-refractivity contribution in [3.8, 4) is 5.75 Å². The Morgan fingerprint density at radius 1 is 1.36 bits per heavy atom. The van der Waals surface area contributed by atoms with Crippen LogP contribution in [0.1, 0.15) is 24.2 Å². The number of aliphatic hydroxyl groups is 1. The van der Waals surface area contributed by atoms with Gasteiger partial charge in [0, 0.05) is 0 Å². The van der Waals surface area contributed by atoms with Crippen LogP contribution in [0.3, 0.4) is 0 Å². The topological polar surface area (TPSA) is 40.5 Å². The third-order valence-electron chi connectivity index (χ3n) is 1.72. The van der Waals surface area contributed by atoms with Crippen molar-refractivity contribution in [2.24, 2.45) is 0 Å². The normalized spacial score (nSPS) is 13.0. The van der Waals surface area contributed by atoms with E-state index in [1.54, 1.807) is 25.1 Å². The molecule has 0 spiro atoms. The minimum atomic E-state index is -0.513. The molecule has 60 valence electrons. The first-order chi connectivity index (χ1) is 5.11. The molecule has 0 radical (unpaired) electrons. The van der Waals surface area contributed by atoms with E-state index >= 15 is 0 Å². The van der Waals surface area contributed by atoms with Crippen LogP contribution in [0.4, 0.5) is 0 Å². The average molecular weight is 152 g/mol. The fraction of sp³-hybridized carbons (Fsp3) is 0.333. The molecule has 1 atom stereocenters. The van der Waals surface area contributed by atoms with Crippen molar-refractivity contribution in [3.05, 3.63) is 29.3 Å². The van der Waals surface area contributed by atoms with Gasteiger partial charge in [-0.1, -0.05) is 12.1 Å². The summed E-state index contributed by atoms with van der Waals surface area (Å²) in [5.74, 6) is 0.239. The van der Waals surface area contributed by atoms with E-state index in [9.17, 15) is 5.11 Å². The zero-order chi connectivity index (χ0) is 8.43. The Morgan fingerprint density at radius 2 is 2.00 bits per heavy atom. The van der Waals surface area contributed by atoms with Crippen molar-refractivity contribution in [3.63, 3.8) is 0 Å². The molecule has 2 N–H and O–H groups in total. The second-order valence-corrected chi connectivity index (χ2v) is 2.72. The van der Waals surface area contributed by atoms with E-state index in [2.05, 4.69) is 0 Å². The third kappa shape index (κ3) is 1.71. The molecule has 11 heavy (non-hydrogen) atoms. The van der Waals surface area contributed by atoms with Crippen molar-refractivity contribution in [2.75, 3.05) is 0 Å². The molecule has 0 bridgehead atoms. The van der Waals surface area contributed by atoms with Gasteiger partial charge in [0.05, 0.1) is 6.10 Å². The molecule has 0 aromatic heterocycles. The molecule has 0 aliphatic heterocycles. The van der Waals surface area contributed by atoms with Crippen molar-refractivity contribution in [2.45, 2.75) is 20.0 Å². The molecule has 1 aromatic rings. The lowest BCUT2D eigenvalue weighted by Crippen LogP contribution is -1.90. The van der Waals surface area contributed by atoms with E-state index in [-0.39, 0.29) is 5.75 Å². The highest BCUT2D eigenvalue weighted by Gasteiger charge is 2.02. The van der Waals surface area contributed by atoms with Crippen molar-refractivity contribution < 1.29 is 10.2 Å². The van der Waals surface area contributed by atoms with Crippen molar-refractivity contribution in [1.82, 2.24) is 0 Å². The van der Waals surface area contributed by atoms with Crippen LogP contribution in [0, 0.1) is 6.92 Å². The number of hydrogen-bond acceptors (Lipinski definition) is 2. The third-order valence-corrected chi connectivity index (χ3v) is 1.72. The largest absolute Gasteiger partial charge is 0.508 e. The maximum Gasteiger partial charge on any atom is 0.118 e. The summed E-state index contributed by atoms with van der Waals surface area (Å²) in [7, 11) is 0. The maximum absolute atomic E-state index is 9.24. The number of aryl methyl sites for hydroxylation is 1. The Hall–Kier alpha value is -1.02. The molecule has 1 rings (SSSR count). The second-order valence-electron chi connectivity index (χ2n) is 2.72. The Morgan fingerprint density at radius 3 is 2.45 bits per heavy atom. The molecule has 0 amide bonds. The van der Waals surface area contributed by atoms with Crippen LogP contribution in [-0.4, -0.2) is 10.2 Å². The van der Waals surface area contributed by atoms with E-state index in [0.29, 0.717) is 0 Å². The number of rotatable bonds is 1. The fourth-order valence-corrected chi connectivity index (χ4v) is 0.886. The lowest BCUT2D eigenvalue weighted by atomic mass is 10.1. The van der Waals surface area contributed by atoms with Gasteiger partial charge >= 0.3 is 0 Å². The van der Waals surface area contributed by atoms with Crippen molar-refractivity contribution >= 4 is 0 Å². The first-order valence-electron chi connectivity index (χ1n) is 3.59. The molecule has 0 aliphatic rings. The van der Waals surface area contributed by atoms with Crippen LogP contribution >= 0.6 is 0 Å². The molecule has 2 nitrogen and oxygen atoms in total. The summed E-state index contributed by atoms with van der Waals surface area (Å²) in [4.78, 5) is 0. The van der Waals surface area contributed by atoms with Crippen LogP contribution in [0.5, 0.6) is 5.75 Å². The van der Waals surface area contributed by atoms with Gasteiger partial charge in [0.1, 0.15) is 5.75 Å². The van der Waals surface area contributed by atoms with Crippen LogP contribution in [0.25, 0.3) is 0 Å². The first-order valence-corrected chi connectivity index (χ1v) is 3.59. The second kappa shape index (κ2) is 2.93. The molecule has 0 saturated heterocycles. The Kier molecular flexibility index (Phi) is 2.15. The highest BCUT2D eigenvalue weighted by atomic mass is 16.3. The molecule has 0 fully saturated rings. The molecule has 0 aliphatic carbocycles. The molecule has 1 aromatic carbocycles. The van der Waals surface area contributed by atoms with Gasteiger partial charge in [0.2, 0.25) is 0 Å². The summed E-state index contributed by atoms with van der Waals surface area (Å²) in [6.07, 6.45) is -0.513. The van der Waals surface area contributed by atoms with Crippen LogP contribution < -0.4 is 0 Å². The van der Waals surface area contributed by atoms with Gasteiger partial charge in [-0.15, -0.1) is 0 Å². The van der Waals surface area contributed by atoms with E-state index in [0.717, 1.165) is 11.1 Å². The summed E-state index contributed by atoms with van der Waals surface area (Å²) in [6.45, 7) is 3.49. The average Bonchev–Trinajstić information content (AvgIpc) is 1.94. The Bertz CT molecular complexity index is 254. The molecular weight excluding hydrogens is 140 g/mol. The van der Waals surface area contributed by atoms with Gasteiger partial charge in [-0.3, -0.25) is 0 Å². The number of aromatic hydroxyl groups is 1. The maximum atomic E-state index is 9.24. The van der Waals surface area contributed by atoms with Gasteiger partial charge in [0.15, 0.2) is 0 Å². The monoisotopic (exact) mass is 152 g/mol. The number of phenols is 1. The lowest BCUT2D eigenvalue weighted by Gasteiger charge is -2.05. The predicted molar refractivity (Wildman–Crippen MR) is 43.5 cm³/mol. The highest BCUT2D eigenvalue weighted by Crippen LogP contribution is 2.21. The van der Waals surface area contributed by atoms with E-state index in [1.165, 1.54) is 0 Å². The molecule has 0 heterocycles. The summed E-state index contributed by atoms with van der Waals surface area (Å²) in [5.41, 5.74) is 1.57. The van der Waals surface area contributed by atoms with Gasteiger partial charge in [-0.25, -0.2) is 0 Å². The number of hydrogen-bond donors (Lipinski definition) is 2. The standard InChI is InChI=1S/C9H12O2/c1-6-3-4-8(7(2)10)5-9(6)11/h3-5,7,10-11H,1-2H3/t7-/m0/s1. The molecule has 2 heteroatoms. The van der Waals surface area contributed by atoms with Crippen molar-refractivity contribution in [1.29, 1.82) is 0 Å². The molecule has 0 unspecified atom stereocenters.